The first-order chi connectivity index (χ1) is 8.51. The molecular weight excluding hydrogens is 252 g/mol. The number of sulfonamides is 1. The lowest BCUT2D eigenvalue weighted by molar-refractivity contribution is 0.167. The van der Waals surface area contributed by atoms with Gasteiger partial charge < -0.3 is 10.1 Å². The highest BCUT2D eigenvalue weighted by Gasteiger charge is 2.27. The zero-order chi connectivity index (χ0) is 13.6. The summed E-state index contributed by atoms with van der Waals surface area (Å²) in [7, 11) is -1.59. The highest BCUT2D eigenvalue weighted by Crippen LogP contribution is 2.18. The SMILES string of the molecule is CCC(C)N(CCOC)S(=O)(=O)CCNC1CC1. The fourth-order valence-corrected chi connectivity index (χ4v) is 3.48. The quantitative estimate of drug-likeness (QED) is 0.642. The molecule has 1 aliphatic rings. The smallest absolute Gasteiger partial charge is 0.215 e. The van der Waals surface area contributed by atoms with Crippen molar-refractivity contribution in [2.45, 2.75) is 45.2 Å². The van der Waals surface area contributed by atoms with Crippen LogP contribution in [0.5, 0.6) is 0 Å². The van der Waals surface area contributed by atoms with Gasteiger partial charge >= 0.3 is 0 Å². The number of nitrogens with one attached hydrogen (secondary N) is 1. The van der Waals surface area contributed by atoms with E-state index >= 15 is 0 Å². The highest BCUT2D eigenvalue weighted by molar-refractivity contribution is 7.89. The van der Waals surface area contributed by atoms with Gasteiger partial charge in [-0.15, -0.1) is 0 Å². The predicted molar refractivity (Wildman–Crippen MR) is 73.1 cm³/mol. The van der Waals surface area contributed by atoms with Crippen molar-refractivity contribution in [3.63, 3.8) is 0 Å². The lowest BCUT2D eigenvalue weighted by atomic mass is 10.3. The Balaban J connectivity index is 2.49. The van der Waals surface area contributed by atoms with Crippen LogP contribution in [0, 0.1) is 0 Å². The Morgan fingerprint density at radius 3 is 2.61 bits per heavy atom. The number of methoxy groups -OCH3 is 1. The highest BCUT2D eigenvalue weighted by atomic mass is 32.2. The summed E-state index contributed by atoms with van der Waals surface area (Å²) >= 11 is 0. The first-order valence-electron chi connectivity index (χ1n) is 6.73. The zero-order valence-corrected chi connectivity index (χ0v) is 12.5. The maximum atomic E-state index is 12.3. The van der Waals surface area contributed by atoms with Crippen LogP contribution in [0.15, 0.2) is 0 Å². The summed E-state index contributed by atoms with van der Waals surface area (Å²) in [4.78, 5) is 0. The van der Waals surface area contributed by atoms with Gasteiger partial charge in [0.15, 0.2) is 0 Å². The van der Waals surface area contributed by atoms with Gasteiger partial charge in [0.1, 0.15) is 0 Å². The van der Waals surface area contributed by atoms with E-state index in [1.54, 1.807) is 11.4 Å². The number of hydrogen-bond acceptors (Lipinski definition) is 4. The van der Waals surface area contributed by atoms with Gasteiger partial charge in [0, 0.05) is 32.3 Å². The molecule has 18 heavy (non-hydrogen) atoms. The maximum Gasteiger partial charge on any atom is 0.215 e. The van der Waals surface area contributed by atoms with Gasteiger partial charge in [-0.05, 0) is 26.2 Å². The maximum absolute atomic E-state index is 12.3. The van der Waals surface area contributed by atoms with Crippen molar-refractivity contribution in [1.29, 1.82) is 0 Å². The third-order valence-electron chi connectivity index (χ3n) is 3.33. The normalized spacial score (nSPS) is 18.2. The van der Waals surface area contributed by atoms with Crippen LogP contribution in [-0.4, -0.2) is 57.4 Å². The van der Waals surface area contributed by atoms with E-state index < -0.39 is 10.0 Å². The van der Waals surface area contributed by atoms with Crippen LogP contribution < -0.4 is 5.32 Å². The number of nitrogens with zero attached hydrogens (tertiary/aromatic N) is 1. The topological polar surface area (TPSA) is 58.6 Å². The van der Waals surface area contributed by atoms with Crippen LogP contribution in [0.1, 0.15) is 33.1 Å². The van der Waals surface area contributed by atoms with Gasteiger partial charge in [0.25, 0.3) is 0 Å². The molecule has 0 aliphatic heterocycles. The fraction of sp³-hybridized carbons (Fsp3) is 1.00. The minimum atomic E-state index is -3.18. The molecule has 0 heterocycles. The molecule has 1 rings (SSSR count). The first kappa shape index (κ1) is 15.9. The lowest BCUT2D eigenvalue weighted by Gasteiger charge is -2.27. The molecule has 0 aromatic rings. The molecule has 1 unspecified atom stereocenters. The molecule has 0 radical (unpaired) electrons. The van der Waals surface area contributed by atoms with Gasteiger partial charge in [0.2, 0.25) is 10.0 Å². The number of hydrogen-bond donors (Lipinski definition) is 1. The molecular formula is C12H26N2O3S. The van der Waals surface area contributed by atoms with Crippen LogP contribution in [0.25, 0.3) is 0 Å². The van der Waals surface area contributed by atoms with E-state index in [2.05, 4.69) is 5.32 Å². The Hall–Kier alpha value is -0.170. The van der Waals surface area contributed by atoms with E-state index in [4.69, 9.17) is 4.74 Å². The van der Waals surface area contributed by atoms with Crippen LogP contribution in [0.3, 0.4) is 0 Å². The molecule has 1 aliphatic carbocycles. The molecule has 0 bridgehead atoms. The van der Waals surface area contributed by atoms with Crippen LogP contribution in [0.4, 0.5) is 0 Å². The fourth-order valence-electron chi connectivity index (χ4n) is 1.82. The molecule has 1 atom stereocenters. The Morgan fingerprint density at radius 1 is 1.44 bits per heavy atom. The Labute approximate surface area is 111 Å². The van der Waals surface area contributed by atoms with E-state index in [1.807, 2.05) is 13.8 Å². The molecule has 1 saturated carbocycles. The van der Waals surface area contributed by atoms with Gasteiger partial charge in [-0.25, -0.2) is 8.42 Å². The average molecular weight is 278 g/mol. The minimum absolute atomic E-state index is 0.0334. The second-order valence-electron chi connectivity index (χ2n) is 4.91. The van der Waals surface area contributed by atoms with Gasteiger partial charge in [0.05, 0.1) is 12.4 Å². The van der Waals surface area contributed by atoms with E-state index in [0.717, 1.165) is 6.42 Å². The van der Waals surface area contributed by atoms with Crippen molar-refractivity contribution in [1.82, 2.24) is 9.62 Å². The third-order valence-corrected chi connectivity index (χ3v) is 5.30. The molecule has 108 valence electrons. The van der Waals surface area contributed by atoms with Crippen molar-refractivity contribution >= 4 is 10.0 Å². The standard InChI is InChI=1S/C12H26N2O3S/c1-4-11(2)14(8-9-17-3)18(15,16)10-7-13-12-5-6-12/h11-13H,4-10H2,1-3H3. The minimum Gasteiger partial charge on any atom is -0.383 e. The summed E-state index contributed by atoms with van der Waals surface area (Å²) in [6, 6.07) is 0.585. The number of rotatable bonds is 10. The summed E-state index contributed by atoms with van der Waals surface area (Å²) < 4.78 is 31.1. The third kappa shape index (κ3) is 5.22. The Bertz CT molecular complexity index is 328. The second-order valence-corrected chi connectivity index (χ2v) is 6.95. The molecule has 6 heteroatoms. The number of ether oxygens (including phenoxy) is 1. The van der Waals surface area contributed by atoms with Gasteiger partial charge in [-0.2, -0.15) is 4.31 Å². The molecule has 0 aromatic heterocycles. The predicted octanol–water partition coefficient (Wildman–Crippen LogP) is 0.815. The van der Waals surface area contributed by atoms with Crippen LogP contribution in [0.2, 0.25) is 0 Å². The summed E-state index contributed by atoms with van der Waals surface area (Å²) in [5, 5.41) is 3.24. The van der Waals surface area contributed by atoms with Crippen LogP contribution >= 0.6 is 0 Å². The van der Waals surface area contributed by atoms with Crippen molar-refractivity contribution < 1.29 is 13.2 Å². The van der Waals surface area contributed by atoms with Crippen LogP contribution in [-0.2, 0) is 14.8 Å². The average Bonchev–Trinajstić information content (AvgIpc) is 3.12. The van der Waals surface area contributed by atoms with Gasteiger partial charge in [-0.1, -0.05) is 6.92 Å². The molecule has 0 spiro atoms. The Morgan fingerprint density at radius 2 is 2.11 bits per heavy atom. The molecule has 5 nitrogen and oxygen atoms in total. The largest absolute Gasteiger partial charge is 0.383 e. The summed E-state index contributed by atoms with van der Waals surface area (Å²) in [6.07, 6.45) is 3.18. The van der Waals surface area contributed by atoms with E-state index in [1.165, 1.54) is 12.8 Å². The summed E-state index contributed by atoms with van der Waals surface area (Å²) in [5.41, 5.74) is 0. The summed E-state index contributed by atoms with van der Waals surface area (Å²) in [5.74, 6) is 0.178. The zero-order valence-electron chi connectivity index (χ0n) is 11.7. The first-order valence-corrected chi connectivity index (χ1v) is 8.34. The molecule has 0 amide bonds. The van der Waals surface area contributed by atoms with Crippen molar-refractivity contribution in [2.75, 3.05) is 32.6 Å². The monoisotopic (exact) mass is 278 g/mol. The molecule has 1 fully saturated rings. The lowest BCUT2D eigenvalue weighted by Crippen LogP contribution is -2.43. The molecule has 0 aromatic carbocycles. The van der Waals surface area contributed by atoms with Crippen molar-refractivity contribution in [3.05, 3.63) is 0 Å². The van der Waals surface area contributed by atoms with Crippen molar-refractivity contribution in [3.8, 4) is 0 Å². The van der Waals surface area contributed by atoms with E-state index in [-0.39, 0.29) is 11.8 Å². The Kier molecular flexibility index (Phi) is 6.55. The summed E-state index contributed by atoms with van der Waals surface area (Å²) in [6.45, 7) is 5.38. The molecule has 1 N–H and O–H groups in total. The van der Waals surface area contributed by atoms with E-state index in [0.29, 0.717) is 25.7 Å². The second kappa shape index (κ2) is 7.43. The van der Waals surface area contributed by atoms with Crippen molar-refractivity contribution in [2.24, 2.45) is 0 Å². The molecule has 0 saturated heterocycles. The van der Waals surface area contributed by atoms with E-state index in [9.17, 15) is 8.42 Å². The van der Waals surface area contributed by atoms with Gasteiger partial charge in [-0.3, -0.25) is 0 Å².